The van der Waals surface area contributed by atoms with Gasteiger partial charge in [0.25, 0.3) is 0 Å². The van der Waals surface area contributed by atoms with Crippen LogP contribution >= 0.6 is 11.3 Å². The van der Waals surface area contributed by atoms with E-state index in [4.69, 9.17) is 5.11 Å². The summed E-state index contributed by atoms with van der Waals surface area (Å²) in [6, 6.07) is -0.610. The van der Waals surface area contributed by atoms with E-state index in [1.807, 2.05) is 6.92 Å². The van der Waals surface area contributed by atoms with Gasteiger partial charge in [0.05, 0.1) is 6.61 Å². The third-order valence-electron chi connectivity index (χ3n) is 2.03. The van der Waals surface area contributed by atoms with Crippen molar-refractivity contribution in [3.63, 3.8) is 0 Å². The van der Waals surface area contributed by atoms with Crippen molar-refractivity contribution >= 4 is 22.5 Å². The highest BCUT2D eigenvalue weighted by molar-refractivity contribution is 7.15. The first-order valence-electron chi connectivity index (χ1n) is 5.46. The molecule has 6 nitrogen and oxygen atoms in total. The summed E-state index contributed by atoms with van der Waals surface area (Å²) < 4.78 is 36.9. The number of hydrogen-bond acceptors (Lipinski definition) is 5. The minimum absolute atomic E-state index is 0.102. The van der Waals surface area contributed by atoms with E-state index in [2.05, 4.69) is 15.5 Å². The van der Waals surface area contributed by atoms with Crippen molar-refractivity contribution in [2.24, 2.45) is 0 Å². The second-order valence-corrected chi connectivity index (χ2v) is 4.53. The van der Waals surface area contributed by atoms with Crippen LogP contribution in [0.15, 0.2) is 0 Å². The van der Waals surface area contributed by atoms with Gasteiger partial charge in [0, 0.05) is 13.1 Å². The Morgan fingerprint density at radius 1 is 1.42 bits per heavy atom. The molecule has 10 heteroatoms. The number of anilines is 1. The van der Waals surface area contributed by atoms with Gasteiger partial charge in [0.2, 0.25) is 10.1 Å². The molecular formula is C9H13F3N4O2S. The van der Waals surface area contributed by atoms with Gasteiger partial charge >= 0.3 is 12.2 Å². The summed E-state index contributed by atoms with van der Waals surface area (Å²) >= 11 is 0.253. The Morgan fingerprint density at radius 2 is 2.11 bits per heavy atom. The molecule has 0 bridgehead atoms. The van der Waals surface area contributed by atoms with Crippen LogP contribution in [-0.2, 0) is 6.18 Å². The third kappa shape index (κ3) is 4.63. The van der Waals surface area contributed by atoms with Crippen LogP contribution in [-0.4, -0.2) is 45.9 Å². The number of aliphatic hydroxyl groups is 1. The standard InChI is InChI=1S/C9H13F3N4O2S/c1-2-3-16(4-5-17)8(18)13-7-15-14-6(19-7)9(10,11)12/h17H,2-5H2,1H3,(H,13,15,18). The molecule has 0 atom stereocenters. The molecule has 1 aromatic rings. The summed E-state index contributed by atoms with van der Waals surface area (Å²) in [7, 11) is 0. The third-order valence-corrected chi connectivity index (χ3v) is 2.92. The number of alkyl halides is 3. The SMILES string of the molecule is CCCN(CCO)C(=O)Nc1nnc(C(F)(F)F)s1. The highest BCUT2D eigenvalue weighted by atomic mass is 32.1. The van der Waals surface area contributed by atoms with E-state index in [-0.39, 0.29) is 29.6 Å². The molecule has 0 radical (unpaired) electrons. The predicted octanol–water partition coefficient (Wildman–Crippen LogP) is 1.79. The molecule has 0 saturated carbocycles. The number of halogens is 3. The maximum atomic E-state index is 12.3. The van der Waals surface area contributed by atoms with Crippen LogP contribution in [0.2, 0.25) is 0 Å². The molecule has 2 amide bonds. The lowest BCUT2D eigenvalue weighted by Gasteiger charge is -2.20. The summed E-state index contributed by atoms with van der Waals surface area (Å²) in [6.07, 6.45) is -3.91. The van der Waals surface area contributed by atoms with Crippen molar-refractivity contribution < 1.29 is 23.1 Å². The largest absolute Gasteiger partial charge is 0.445 e. The summed E-state index contributed by atoms with van der Waals surface area (Å²) in [4.78, 5) is 13.0. The lowest BCUT2D eigenvalue weighted by Crippen LogP contribution is -2.37. The molecule has 1 aromatic heterocycles. The lowest BCUT2D eigenvalue weighted by atomic mass is 10.4. The van der Waals surface area contributed by atoms with Crippen LogP contribution in [0, 0.1) is 0 Å². The predicted molar refractivity (Wildman–Crippen MR) is 62.9 cm³/mol. The average molecular weight is 298 g/mol. The number of aromatic nitrogens is 2. The molecule has 0 saturated heterocycles. The van der Waals surface area contributed by atoms with Gasteiger partial charge in [-0.15, -0.1) is 10.2 Å². The van der Waals surface area contributed by atoms with Crippen molar-refractivity contribution in [1.29, 1.82) is 0 Å². The molecule has 0 aromatic carbocycles. The van der Waals surface area contributed by atoms with Gasteiger partial charge in [-0.1, -0.05) is 18.3 Å². The highest BCUT2D eigenvalue weighted by Gasteiger charge is 2.35. The van der Waals surface area contributed by atoms with E-state index in [0.29, 0.717) is 13.0 Å². The molecule has 0 aliphatic rings. The second kappa shape index (κ2) is 6.66. The van der Waals surface area contributed by atoms with E-state index in [0.717, 1.165) is 0 Å². The fourth-order valence-electron chi connectivity index (χ4n) is 1.26. The minimum atomic E-state index is -4.57. The molecule has 0 spiro atoms. The number of hydrogen-bond donors (Lipinski definition) is 2. The van der Waals surface area contributed by atoms with Crippen LogP contribution < -0.4 is 5.32 Å². The van der Waals surface area contributed by atoms with Gasteiger partial charge in [-0.3, -0.25) is 5.32 Å². The van der Waals surface area contributed by atoms with Crippen LogP contribution in [0.4, 0.5) is 23.1 Å². The monoisotopic (exact) mass is 298 g/mol. The zero-order valence-corrected chi connectivity index (χ0v) is 10.9. The van der Waals surface area contributed by atoms with Gasteiger partial charge in [0.1, 0.15) is 0 Å². The van der Waals surface area contributed by atoms with Gasteiger partial charge in [0.15, 0.2) is 0 Å². The number of urea groups is 1. The lowest BCUT2D eigenvalue weighted by molar-refractivity contribution is -0.138. The summed E-state index contributed by atoms with van der Waals surface area (Å²) in [5.74, 6) is 0. The van der Waals surface area contributed by atoms with E-state index in [9.17, 15) is 18.0 Å². The van der Waals surface area contributed by atoms with Crippen molar-refractivity contribution in [3.05, 3.63) is 5.01 Å². The van der Waals surface area contributed by atoms with Crippen molar-refractivity contribution in [2.75, 3.05) is 25.0 Å². The van der Waals surface area contributed by atoms with Crippen molar-refractivity contribution in [2.45, 2.75) is 19.5 Å². The number of amides is 2. The summed E-state index contributed by atoms with van der Waals surface area (Å²) in [5.41, 5.74) is 0. The van der Waals surface area contributed by atoms with E-state index in [1.54, 1.807) is 0 Å². The molecule has 0 fully saturated rings. The number of rotatable bonds is 5. The van der Waals surface area contributed by atoms with E-state index in [1.165, 1.54) is 4.90 Å². The smallest absolute Gasteiger partial charge is 0.395 e. The van der Waals surface area contributed by atoms with Gasteiger partial charge in [-0.2, -0.15) is 13.2 Å². The highest BCUT2D eigenvalue weighted by Crippen LogP contribution is 2.32. The molecule has 0 aliphatic heterocycles. The van der Waals surface area contributed by atoms with Gasteiger partial charge in [-0.05, 0) is 6.42 Å². The Morgan fingerprint density at radius 3 is 2.58 bits per heavy atom. The maximum absolute atomic E-state index is 12.3. The molecule has 0 unspecified atom stereocenters. The van der Waals surface area contributed by atoms with Crippen LogP contribution in [0.5, 0.6) is 0 Å². The molecular weight excluding hydrogens is 285 g/mol. The van der Waals surface area contributed by atoms with Crippen LogP contribution in [0.1, 0.15) is 18.4 Å². The molecule has 19 heavy (non-hydrogen) atoms. The number of nitrogens with zero attached hydrogens (tertiary/aromatic N) is 3. The number of nitrogens with one attached hydrogen (secondary N) is 1. The number of carbonyl (C=O) groups is 1. The maximum Gasteiger partial charge on any atom is 0.445 e. The Labute approximate surface area is 111 Å². The van der Waals surface area contributed by atoms with Crippen molar-refractivity contribution in [3.8, 4) is 0 Å². The Balaban J connectivity index is 2.67. The van der Waals surface area contributed by atoms with Crippen LogP contribution in [0.3, 0.4) is 0 Å². The summed E-state index contributed by atoms with van der Waals surface area (Å²) in [5, 5.41) is 15.9. The Hall–Kier alpha value is -1.42. The minimum Gasteiger partial charge on any atom is -0.395 e. The zero-order valence-electron chi connectivity index (χ0n) is 10.1. The fraction of sp³-hybridized carbons (Fsp3) is 0.667. The first kappa shape index (κ1) is 15.6. The fourth-order valence-corrected chi connectivity index (χ4v) is 1.86. The molecule has 1 heterocycles. The quantitative estimate of drug-likeness (QED) is 0.868. The average Bonchev–Trinajstić information content (AvgIpc) is 2.77. The Bertz CT molecular complexity index is 418. The normalized spacial score (nSPS) is 11.4. The molecule has 108 valence electrons. The first-order chi connectivity index (χ1) is 8.88. The summed E-state index contributed by atoms with van der Waals surface area (Å²) in [6.45, 7) is 2.10. The molecule has 1 rings (SSSR count). The second-order valence-electron chi connectivity index (χ2n) is 3.55. The van der Waals surface area contributed by atoms with Crippen molar-refractivity contribution in [1.82, 2.24) is 15.1 Å². The topological polar surface area (TPSA) is 78.4 Å². The number of aliphatic hydroxyl groups excluding tert-OH is 1. The van der Waals surface area contributed by atoms with Gasteiger partial charge in [-0.25, -0.2) is 4.79 Å². The first-order valence-corrected chi connectivity index (χ1v) is 6.27. The number of carbonyl (C=O) groups excluding carboxylic acids is 1. The zero-order chi connectivity index (χ0) is 14.5. The van der Waals surface area contributed by atoms with E-state index < -0.39 is 17.2 Å². The Kier molecular flexibility index (Phi) is 5.48. The van der Waals surface area contributed by atoms with E-state index >= 15 is 0 Å². The van der Waals surface area contributed by atoms with Gasteiger partial charge < -0.3 is 10.0 Å². The molecule has 2 N–H and O–H groups in total. The van der Waals surface area contributed by atoms with Crippen LogP contribution in [0.25, 0.3) is 0 Å². The molecule has 0 aliphatic carbocycles.